The molecule has 5 aromatic rings. The number of thioether (sulfide) groups is 1. The average molecular weight is 485 g/mol. The second-order valence-electron chi connectivity index (χ2n) is 7.37. The summed E-state index contributed by atoms with van der Waals surface area (Å²) in [6.07, 6.45) is 3.44. The standard InChI is InChI=1S/C25H20N6OS2/c1-17(23(32)28-24-27-21(16-33-24)18-8-4-2-5-9-18)34-25-30-29-22(19-12-14-26-15-13-19)31(25)20-10-6-3-7-11-20/h2-17H,1H3,(H,27,28,32). The number of hydrogen-bond donors (Lipinski definition) is 1. The number of benzene rings is 2. The van der Waals surface area contributed by atoms with Crippen molar-refractivity contribution in [1.82, 2.24) is 24.7 Å². The van der Waals surface area contributed by atoms with Gasteiger partial charge >= 0.3 is 0 Å². The van der Waals surface area contributed by atoms with Crippen LogP contribution < -0.4 is 5.32 Å². The third-order valence-electron chi connectivity index (χ3n) is 5.04. The number of hydrogen-bond acceptors (Lipinski definition) is 7. The SMILES string of the molecule is CC(Sc1nnc(-c2ccncc2)n1-c1ccccc1)C(=O)Nc1nc(-c2ccccc2)cs1. The number of carbonyl (C=O) groups excluding carboxylic acids is 1. The fourth-order valence-electron chi connectivity index (χ4n) is 3.34. The first-order valence-corrected chi connectivity index (χ1v) is 12.3. The minimum Gasteiger partial charge on any atom is -0.301 e. The van der Waals surface area contributed by atoms with Crippen molar-refractivity contribution in [2.75, 3.05) is 5.32 Å². The van der Waals surface area contributed by atoms with Crippen LogP contribution in [-0.4, -0.2) is 35.9 Å². The molecule has 3 heterocycles. The number of anilines is 1. The maximum absolute atomic E-state index is 13.0. The van der Waals surface area contributed by atoms with E-state index in [1.54, 1.807) is 12.4 Å². The van der Waals surface area contributed by atoms with Crippen LogP contribution in [0.25, 0.3) is 28.3 Å². The van der Waals surface area contributed by atoms with Gasteiger partial charge in [-0.15, -0.1) is 21.5 Å². The lowest BCUT2D eigenvalue weighted by Crippen LogP contribution is -2.22. The molecule has 1 unspecified atom stereocenters. The lowest BCUT2D eigenvalue weighted by Gasteiger charge is -2.13. The Morgan fingerprint density at radius 2 is 1.65 bits per heavy atom. The molecule has 2 aromatic carbocycles. The van der Waals surface area contributed by atoms with Crippen molar-refractivity contribution in [3.8, 4) is 28.3 Å². The Kier molecular flexibility index (Phi) is 6.46. The van der Waals surface area contributed by atoms with Crippen molar-refractivity contribution in [3.05, 3.63) is 90.6 Å². The summed E-state index contributed by atoms with van der Waals surface area (Å²) in [6, 6.07) is 23.5. The zero-order valence-electron chi connectivity index (χ0n) is 18.2. The highest BCUT2D eigenvalue weighted by molar-refractivity contribution is 8.00. The highest BCUT2D eigenvalue weighted by atomic mass is 32.2. The molecule has 1 N–H and O–H groups in total. The van der Waals surface area contributed by atoms with Gasteiger partial charge in [-0.2, -0.15) is 0 Å². The molecule has 7 nitrogen and oxygen atoms in total. The van der Waals surface area contributed by atoms with Gasteiger partial charge in [0.2, 0.25) is 5.91 Å². The zero-order valence-corrected chi connectivity index (χ0v) is 19.8. The van der Waals surface area contributed by atoms with Crippen molar-refractivity contribution in [3.63, 3.8) is 0 Å². The predicted octanol–water partition coefficient (Wildman–Crippen LogP) is 5.57. The molecule has 0 spiro atoms. The van der Waals surface area contributed by atoms with Gasteiger partial charge in [-0.3, -0.25) is 14.3 Å². The lowest BCUT2D eigenvalue weighted by atomic mass is 10.2. The number of nitrogens with one attached hydrogen (secondary N) is 1. The van der Waals surface area contributed by atoms with E-state index in [0.29, 0.717) is 16.1 Å². The summed E-state index contributed by atoms with van der Waals surface area (Å²) in [5, 5.41) is 14.5. The van der Waals surface area contributed by atoms with Crippen molar-refractivity contribution in [1.29, 1.82) is 0 Å². The van der Waals surface area contributed by atoms with Crippen LogP contribution in [0.4, 0.5) is 5.13 Å². The van der Waals surface area contributed by atoms with Gasteiger partial charge in [0.1, 0.15) is 0 Å². The number of para-hydroxylation sites is 1. The topological polar surface area (TPSA) is 85.6 Å². The third kappa shape index (κ3) is 4.75. The first-order chi connectivity index (χ1) is 16.7. The predicted molar refractivity (Wildman–Crippen MR) is 136 cm³/mol. The minimum absolute atomic E-state index is 0.146. The van der Waals surface area contributed by atoms with E-state index in [-0.39, 0.29) is 5.91 Å². The van der Waals surface area contributed by atoms with E-state index in [0.717, 1.165) is 22.5 Å². The molecule has 3 aromatic heterocycles. The average Bonchev–Trinajstić information content (AvgIpc) is 3.53. The number of aromatic nitrogens is 5. The van der Waals surface area contributed by atoms with Gasteiger partial charge in [-0.1, -0.05) is 60.3 Å². The summed E-state index contributed by atoms with van der Waals surface area (Å²) in [5.41, 5.74) is 3.67. The highest BCUT2D eigenvalue weighted by Gasteiger charge is 2.22. The number of amides is 1. The van der Waals surface area contributed by atoms with Crippen LogP contribution >= 0.6 is 23.1 Å². The van der Waals surface area contributed by atoms with E-state index in [1.165, 1.54) is 23.1 Å². The van der Waals surface area contributed by atoms with Gasteiger partial charge in [0.15, 0.2) is 16.1 Å². The van der Waals surface area contributed by atoms with E-state index in [1.807, 2.05) is 89.7 Å². The molecule has 0 fully saturated rings. The van der Waals surface area contributed by atoms with Gasteiger partial charge in [-0.05, 0) is 31.2 Å². The monoisotopic (exact) mass is 484 g/mol. The summed E-state index contributed by atoms with van der Waals surface area (Å²) < 4.78 is 1.96. The fourth-order valence-corrected chi connectivity index (χ4v) is 4.93. The van der Waals surface area contributed by atoms with Crippen molar-refractivity contribution in [2.45, 2.75) is 17.3 Å². The molecule has 168 valence electrons. The largest absolute Gasteiger partial charge is 0.301 e. The van der Waals surface area contributed by atoms with Crippen LogP contribution in [0.2, 0.25) is 0 Å². The van der Waals surface area contributed by atoms with E-state index in [4.69, 9.17) is 0 Å². The van der Waals surface area contributed by atoms with Gasteiger partial charge in [0, 0.05) is 34.6 Å². The second kappa shape index (κ2) is 9.98. The van der Waals surface area contributed by atoms with E-state index in [9.17, 15) is 4.79 Å². The Morgan fingerprint density at radius 3 is 2.38 bits per heavy atom. The summed E-state index contributed by atoms with van der Waals surface area (Å²) in [5.74, 6) is 0.545. The molecule has 9 heteroatoms. The molecule has 0 saturated heterocycles. The van der Waals surface area contributed by atoms with Crippen LogP contribution in [0, 0.1) is 0 Å². The van der Waals surface area contributed by atoms with Crippen LogP contribution in [0.1, 0.15) is 6.92 Å². The van der Waals surface area contributed by atoms with Crippen molar-refractivity contribution < 1.29 is 4.79 Å². The summed E-state index contributed by atoms with van der Waals surface area (Å²) >= 11 is 2.76. The second-order valence-corrected chi connectivity index (χ2v) is 9.53. The highest BCUT2D eigenvalue weighted by Crippen LogP contribution is 2.31. The molecule has 0 aliphatic heterocycles. The molecular weight excluding hydrogens is 464 g/mol. The normalized spacial score (nSPS) is 11.8. The number of rotatable bonds is 7. The summed E-state index contributed by atoms with van der Waals surface area (Å²) in [6.45, 7) is 1.85. The van der Waals surface area contributed by atoms with Gasteiger partial charge in [0.25, 0.3) is 0 Å². The molecule has 0 radical (unpaired) electrons. The van der Waals surface area contributed by atoms with Crippen LogP contribution in [0.3, 0.4) is 0 Å². The quantitative estimate of drug-likeness (QED) is 0.304. The first kappa shape index (κ1) is 22.0. The molecule has 0 saturated carbocycles. The van der Waals surface area contributed by atoms with Crippen molar-refractivity contribution >= 4 is 34.1 Å². The summed E-state index contributed by atoms with van der Waals surface area (Å²) in [7, 11) is 0. The third-order valence-corrected chi connectivity index (χ3v) is 6.84. The van der Waals surface area contributed by atoms with Crippen molar-refractivity contribution in [2.24, 2.45) is 0 Å². The Morgan fingerprint density at radius 1 is 0.941 bits per heavy atom. The maximum Gasteiger partial charge on any atom is 0.239 e. The minimum atomic E-state index is -0.416. The van der Waals surface area contributed by atoms with E-state index >= 15 is 0 Å². The summed E-state index contributed by atoms with van der Waals surface area (Å²) in [4.78, 5) is 21.6. The molecule has 5 rings (SSSR count). The number of pyridine rings is 1. The number of carbonyl (C=O) groups is 1. The molecule has 0 aliphatic carbocycles. The smallest absolute Gasteiger partial charge is 0.239 e. The van der Waals surface area contributed by atoms with Gasteiger partial charge < -0.3 is 5.32 Å². The van der Waals surface area contributed by atoms with Crippen LogP contribution in [0.15, 0.2) is 95.7 Å². The van der Waals surface area contributed by atoms with Gasteiger partial charge in [0.05, 0.1) is 10.9 Å². The molecule has 1 amide bonds. The molecule has 34 heavy (non-hydrogen) atoms. The zero-order chi connectivity index (χ0) is 23.3. The fraction of sp³-hybridized carbons (Fsp3) is 0.0800. The Balaban J connectivity index is 1.36. The van der Waals surface area contributed by atoms with Crippen LogP contribution in [0.5, 0.6) is 0 Å². The number of nitrogens with zero attached hydrogens (tertiary/aromatic N) is 5. The Bertz CT molecular complexity index is 1390. The number of thiazole rings is 1. The molecular formula is C25H20N6OS2. The van der Waals surface area contributed by atoms with E-state index in [2.05, 4.69) is 25.5 Å². The first-order valence-electron chi connectivity index (χ1n) is 10.6. The Labute approximate surface area is 204 Å². The van der Waals surface area contributed by atoms with Gasteiger partial charge in [-0.25, -0.2) is 4.98 Å². The Hall–Kier alpha value is -3.82. The maximum atomic E-state index is 13.0. The molecule has 0 bridgehead atoms. The van der Waals surface area contributed by atoms with E-state index < -0.39 is 5.25 Å². The molecule has 1 atom stereocenters. The van der Waals surface area contributed by atoms with Crippen LogP contribution in [-0.2, 0) is 4.79 Å². The molecule has 0 aliphatic rings. The lowest BCUT2D eigenvalue weighted by molar-refractivity contribution is -0.115.